The van der Waals surface area contributed by atoms with Crippen LogP contribution in [0, 0.1) is 5.92 Å². The lowest BCUT2D eigenvalue weighted by molar-refractivity contribution is -0.126. The average molecular weight is 438 g/mol. The molecule has 1 fully saturated rings. The lowest BCUT2D eigenvalue weighted by Gasteiger charge is -2.30. The van der Waals surface area contributed by atoms with Gasteiger partial charge in [0.25, 0.3) is 0 Å². The van der Waals surface area contributed by atoms with Crippen molar-refractivity contribution in [2.45, 2.75) is 46.1 Å². The second kappa shape index (κ2) is 11.3. The van der Waals surface area contributed by atoms with E-state index in [9.17, 15) is 4.79 Å². The fourth-order valence-electron chi connectivity index (χ4n) is 3.77. The predicted octanol–water partition coefficient (Wildman–Crippen LogP) is 5.88. The van der Waals surface area contributed by atoms with Gasteiger partial charge in [0.05, 0.1) is 6.21 Å². The van der Waals surface area contributed by atoms with Gasteiger partial charge >= 0.3 is 0 Å². The average Bonchev–Trinajstić information content (AvgIpc) is 2.76. The molecule has 5 heteroatoms. The number of allylic oxidation sites excluding steroid dienone is 1. The van der Waals surface area contributed by atoms with Gasteiger partial charge in [-0.15, -0.1) is 0 Å². The van der Waals surface area contributed by atoms with Gasteiger partial charge in [-0.3, -0.25) is 9.69 Å². The summed E-state index contributed by atoms with van der Waals surface area (Å²) in [6.07, 6.45) is 5.48. The largest absolute Gasteiger partial charge is 0.299 e. The van der Waals surface area contributed by atoms with Crippen LogP contribution in [-0.4, -0.2) is 30.1 Å². The molecule has 0 aliphatic carbocycles. The molecular formula is C26H32ClN3O. The first-order valence-electron chi connectivity index (χ1n) is 11.0. The molecule has 1 aliphatic rings. The Morgan fingerprint density at radius 2 is 1.77 bits per heavy atom. The van der Waals surface area contributed by atoms with E-state index in [2.05, 4.69) is 71.7 Å². The zero-order chi connectivity index (χ0) is 22.2. The molecule has 0 saturated carbocycles. The molecule has 1 heterocycles. The Bertz CT molecular complexity index is 909. The molecule has 3 rings (SSSR count). The van der Waals surface area contributed by atoms with Crippen LogP contribution < -0.4 is 5.43 Å². The summed E-state index contributed by atoms with van der Waals surface area (Å²) in [7, 11) is 0. The number of hydrogen-bond donors (Lipinski definition) is 1. The Labute approximate surface area is 191 Å². The van der Waals surface area contributed by atoms with Crippen LogP contribution in [0.1, 0.15) is 56.2 Å². The molecule has 2 aromatic carbocycles. The van der Waals surface area contributed by atoms with E-state index in [1.54, 1.807) is 6.21 Å². The fraction of sp³-hybridized carbons (Fsp3) is 0.385. The molecule has 31 heavy (non-hydrogen) atoms. The first kappa shape index (κ1) is 23.2. The Morgan fingerprint density at radius 3 is 2.39 bits per heavy atom. The molecule has 0 spiro atoms. The van der Waals surface area contributed by atoms with Crippen LogP contribution in [0.5, 0.6) is 0 Å². The summed E-state index contributed by atoms with van der Waals surface area (Å²) in [6.45, 7) is 9.09. The monoisotopic (exact) mass is 437 g/mol. The number of carbonyl (C=O) groups excluding carboxylic acids is 1. The number of halogens is 1. The maximum Gasteiger partial charge on any atom is 0.243 e. The van der Waals surface area contributed by atoms with Crippen LogP contribution in [0.2, 0.25) is 5.02 Å². The van der Waals surface area contributed by atoms with Crippen molar-refractivity contribution in [3.8, 4) is 0 Å². The van der Waals surface area contributed by atoms with E-state index in [0.29, 0.717) is 5.92 Å². The normalized spacial score (nSPS) is 16.2. The number of rotatable bonds is 7. The quantitative estimate of drug-likeness (QED) is 0.434. The number of hydrazone groups is 1. The van der Waals surface area contributed by atoms with Gasteiger partial charge in [-0.25, -0.2) is 5.43 Å². The highest BCUT2D eigenvalue weighted by Gasteiger charge is 2.24. The molecule has 0 unspecified atom stereocenters. The lowest BCUT2D eigenvalue weighted by Crippen LogP contribution is -2.39. The Morgan fingerprint density at radius 1 is 1.13 bits per heavy atom. The minimum atomic E-state index is 0.0106. The highest BCUT2D eigenvalue weighted by molar-refractivity contribution is 6.30. The van der Waals surface area contributed by atoms with Crippen molar-refractivity contribution in [3.63, 3.8) is 0 Å². The molecule has 4 nitrogen and oxygen atoms in total. The number of nitrogens with zero attached hydrogens (tertiary/aromatic N) is 2. The summed E-state index contributed by atoms with van der Waals surface area (Å²) >= 11 is 5.95. The van der Waals surface area contributed by atoms with Gasteiger partial charge < -0.3 is 0 Å². The first-order valence-corrected chi connectivity index (χ1v) is 11.4. The maximum absolute atomic E-state index is 12.5. The van der Waals surface area contributed by atoms with Crippen molar-refractivity contribution in [1.29, 1.82) is 0 Å². The van der Waals surface area contributed by atoms with Crippen molar-refractivity contribution in [1.82, 2.24) is 10.3 Å². The number of nitrogens with one attached hydrogen (secondary N) is 1. The highest BCUT2D eigenvalue weighted by atomic mass is 35.5. The van der Waals surface area contributed by atoms with Gasteiger partial charge in [-0.1, -0.05) is 67.9 Å². The molecule has 0 bridgehead atoms. The minimum absolute atomic E-state index is 0.0106. The van der Waals surface area contributed by atoms with Gasteiger partial charge in [0.15, 0.2) is 0 Å². The van der Waals surface area contributed by atoms with Crippen LogP contribution >= 0.6 is 11.6 Å². The van der Waals surface area contributed by atoms with Crippen LogP contribution in [0.3, 0.4) is 0 Å². The SMILES string of the molecule is CC(/C=N\NC(=O)C1CCN(Cc2ccc(Cl)cc2)CC1)=C/c1ccc(C(C)C)cc1. The number of carbonyl (C=O) groups is 1. The first-order chi connectivity index (χ1) is 14.9. The summed E-state index contributed by atoms with van der Waals surface area (Å²) in [5.41, 5.74) is 7.43. The van der Waals surface area contributed by atoms with Crippen molar-refractivity contribution >= 4 is 29.8 Å². The van der Waals surface area contributed by atoms with Crippen LogP contribution in [-0.2, 0) is 11.3 Å². The maximum atomic E-state index is 12.5. The van der Waals surface area contributed by atoms with Gasteiger partial charge in [-0.05, 0) is 73.2 Å². The molecule has 0 atom stereocenters. The summed E-state index contributed by atoms with van der Waals surface area (Å²) < 4.78 is 0. The van der Waals surface area contributed by atoms with Crippen LogP contribution in [0.4, 0.5) is 0 Å². The second-order valence-corrected chi connectivity index (χ2v) is 9.06. The second-order valence-electron chi connectivity index (χ2n) is 8.62. The van der Waals surface area contributed by atoms with E-state index in [1.807, 2.05) is 19.1 Å². The third kappa shape index (κ3) is 7.34. The topological polar surface area (TPSA) is 44.7 Å². The molecule has 1 amide bonds. The van der Waals surface area contributed by atoms with Gasteiger partial charge in [-0.2, -0.15) is 5.10 Å². The third-order valence-corrected chi connectivity index (χ3v) is 5.97. The smallest absolute Gasteiger partial charge is 0.243 e. The highest BCUT2D eigenvalue weighted by Crippen LogP contribution is 2.20. The summed E-state index contributed by atoms with van der Waals surface area (Å²) in [4.78, 5) is 14.8. The van der Waals surface area contributed by atoms with Gasteiger partial charge in [0.1, 0.15) is 0 Å². The molecule has 1 aliphatic heterocycles. The van der Waals surface area contributed by atoms with Gasteiger partial charge in [0.2, 0.25) is 5.91 Å². The van der Waals surface area contributed by atoms with Crippen LogP contribution in [0.25, 0.3) is 6.08 Å². The predicted molar refractivity (Wildman–Crippen MR) is 130 cm³/mol. The van der Waals surface area contributed by atoms with E-state index in [-0.39, 0.29) is 11.8 Å². The zero-order valence-electron chi connectivity index (χ0n) is 18.6. The van der Waals surface area contributed by atoms with Crippen molar-refractivity contribution in [2.75, 3.05) is 13.1 Å². The number of likely N-dealkylation sites (tertiary alicyclic amines) is 1. The summed E-state index contributed by atoms with van der Waals surface area (Å²) in [6, 6.07) is 16.5. The zero-order valence-corrected chi connectivity index (χ0v) is 19.4. The molecule has 1 N–H and O–H groups in total. The van der Waals surface area contributed by atoms with Gasteiger partial charge in [0, 0.05) is 17.5 Å². The molecular weight excluding hydrogens is 406 g/mol. The summed E-state index contributed by atoms with van der Waals surface area (Å²) in [5.74, 6) is 0.558. The number of hydrogen-bond acceptors (Lipinski definition) is 3. The molecule has 2 aromatic rings. The summed E-state index contributed by atoms with van der Waals surface area (Å²) in [5, 5.41) is 4.92. The van der Waals surface area contributed by atoms with E-state index < -0.39 is 0 Å². The number of amides is 1. The molecule has 1 saturated heterocycles. The Hall–Kier alpha value is -2.43. The third-order valence-electron chi connectivity index (χ3n) is 5.72. The Kier molecular flexibility index (Phi) is 8.44. The Balaban J connectivity index is 1.43. The fourth-order valence-corrected chi connectivity index (χ4v) is 3.89. The number of benzene rings is 2. The van der Waals surface area contributed by atoms with Crippen LogP contribution in [0.15, 0.2) is 59.2 Å². The standard InChI is InChI=1S/C26H32ClN3O/c1-19(2)23-8-4-21(5-9-23)16-20(3)17-28-29-26(31)24-12-14-30(15-13-24)18-22-6-10-25(27)11-7-22/h4-11,16-17,19,24H,12-15,18H2,1-3H3,(H,29,31)/b20-16-,28-17-. The number of piperidine rings is 1. The molecule has 164 valence electrons. The van der Waals surface area contributed by atoms with E-state index >= 15 is 0 Å². The van der Waals surface area contributed by atoms with Crippen molar-refractivity contribution in [2.24, 2.45) is 11.0 Å². The van der Waals surface area contributed by atoms with Crippen molar-refractivity contribution < 1.29 is 4.79 Å². The molecule has 0 radical (unpaired) electrons. The lowest BCUT2D eigenvalue weighted by atomic mass is 9.96. The van der Waals surface area contributed by atoms with E-state index in [0.717, 1.165) is 48.6 Å². The van der Waals surface area contributed by atoms with E-state index in [1.165, 1.54) is 11.1 Å². The van der Waals surface area contributed by atoms with Crippen molar-refractivity contribution in [3.05, 3.63) is 75.8 Å². The minimum Gasteiger partial charge on any atom is -0.299 e. The molecule has 0 aromatic heterocycles. The van der Waals surface area contributed by atoms with E-state index in [4.69, 9.17) is 11.6 Å².